The summed E-state index contributed by atoms with van der Waals surface area (Å²) in [5.41, 5.74) is 0.0458. The zero-order valence-corrected chi connectivity index (χ0v) is 15.6. The number of halogens is 2. The van der Waals surface area contributed by atoms with E-state index in [0.717, 1.165) is 25.2 Å². The van der Waals surface area contributed by atoms with Gasteiger partial charge in [0, 0.05) is 45.7 Å². The van der Waals surface area contributed by atoms with Crippen LogP contribution in [0, 0.1) is 11.6 Å². The highest BCUT2D eigenvalue weighted by atomic mass is 19.1. The quantitative estimate of drug-likeness (QED) is 0.591. The van der Waals surface area contributed by atoms with Gasteiger partial charge in [-0.05, 0) is 18.6 Å². The lowest BCUT2D eigenvalue weighted by Crippen LogP contribution is -2.45. The van der Waals surface area contributed by atoms with Gasteiger partial charge in [0.2, 0.25) is 0 Å². The Morgan fingerprint density at radius 3 is 2.81 bits per heavy atom. The predicted molar refractivity (Wildman–Crippen MR) is 101 cm³/mol. The molecular weight excluding hydrogens is 352 g/mol. The molecule has 27 heavy (non-hydrogen) atoms. The topological polar surface area (TPSA) is 70.4 Å². The minimum absolute atomic E-state index is 0.0458. The van der Waals surface area contributed by atoms with Crippen molar-refractivity contribution >= 4 is 11.6 Å². The van der Waals surface area contributed by atoms with E-state index in [-0.39, 0.29) is 11.7 Å². The molecule has 0 amide bonds. The van der Waals surface area contributed by atoms with Crippen LogP contribution in [0.4, 0.5) is 14.5 Å². The number of hydrogen-bond donors (Lipinski definition) is 2. The summed E-state index contributed by atoms with van der Waals surface area (Å²) >= 11 is 0. The van der Waals surface area contributed by atoms with Crippen LogP contribution in [0.25, 0.3) is 0 Å². The summed E-state index contributed by atoms with van der Waals surface area (Å²) in [6.07, 6.45) is 3.33. The normalized spacial score (nSPS) is 17.4. The lowest BCUT2D eigenvalue weighted by Gasteiger charge is -2.21. The number of hydrogen-bond acceptors (Lipinski definition) is 4. The van der Waals surface area contributed by atoms with Crippen molar-refractivity contribution in [3.8, 4) is 0 Å². The first-order valence-corrected chi connectivity index (χ1v) is 9.15. The summed E-state index contributed by atoms with van der Waals surface area (Å²) in [7, 11) is 1.70. The fourth-order valence-electron chi connectivity index (χ4n) is 3.29. The molecule has 2 N–H and O–H groups in total. The molecule has 1 fully saturated rings. The molecule has 1 aliphatic rings. The Morgan fingerprint density at radius 2 is 2.11 bits per heavy atom. The van der Waals surface area contributed by atoms with Gasteiger partial charge in [-0.3, -0.25) is 4.99 Å². The van der Waals surface area contributed by atoms with Gasteiger partial charge in [0.1, 0.15) is 29.5 Å². The summed E-state index contributed by atoms with van der Waals surface area (Å²) in [5, 5.41) is 14.6. The summed E-state index contributed by atoms with van der Waals surface area (Å²) in [6.45, 7) is 4.55. The number of benzene rings is 1. The maximum absolute atomic E-state index is 14.0. The smallest absolute Gasteiger partial charge is 0.191 e. The molecule has 0 aliphatic carbocycles. The van der Waals surface area contributed by atoms with Gasteiger partial charge in [-0.2, -0.15) is 0 Å². The van der Waals surface area contributed by atoms with E-state index in [4.69, 9.17) is 0 Å². The van der Waals surface area contributed by atoms with Crippen molar-refractivity contribution in [3.63, 3.8) is 0 Å². The van der Waals surface area contributed by atoms with Crippen molar-refractivity contribution in [1.29, 1.82) is 0 Å². The summed E-state index contributed by atoms with van der Waals surface area (Å²) in [4.78, 5) is 5.97. The van der Waals surface area contributed by atoms with Crippen molar-refractivity contribution < 1.29 is 8.78 Å². The van der Waals surface area contributed by atoms with Crippen LogP contribution in [0.15, 0.2) is 29.5 Å². The Morgan fingerprint density at radius 1 is 1.33 bits per heavy atom. The summed E-state index contributed by atoms with van der Waals surface area (Å²) in [5.74, 6) is 0.553. The van der Waals surface area contributed by atoms with E-state index in [1.165, 1.54) is 18.2 Å². The molecule has 7 nitrogen and oxygen atoms in total. The Hall–Kier alpha value is -2.71. The summed E-state index contributed by atoms with van der Waals surface area (Å²) < 4.78 is 29.9. The molecule has 0 saturated carbocycles. The molecule has 0 spiro atoms. The Kier molecular flexibility index (Phi) is 6.20. The van der Waals surface area contributed by atoms with Crippen LogP contribution >= 0.6 is 0 Å². The van der Waals surface area contributed by atoms with E-state index in [1.54, 1.807) is 18.3 Å². The molecule has 3 rings (SSSR count). The lowest BCUT2D eigenvalue weighted by atomic mass is 10.2. The van der Waals surface area contributed by atoms with Crippen LogP contribution in [0.1, 0.15) is 19.2 Å². The fourth-order valence-corrected chi connectivity index (χ4v) is 3.29. The van der Waals surface area contributed by atoms with Gasteiger partial charge in [-0.15, -0.1) is 10.2 Å². The van der Waals surface area contributed by atoms with Gasteiger partial charge in [0.25, 0.3) is 0 Å². The van der Waals surface area contributed by atoms with Crippen LogP contribution < -0.4 is 15.5 Å². The first-order chi connectivity index (χ1) is 13.1. The van der Waals surface area contributed by atoms with E-state index in [0.29, 0.717) is 25.6 Å². The van der Waals surface area contributed by atoms with Crippen LogP contribution in [-0.2, 0) is 13.0 Å². The number of nitrogens with one attached hydrogen (secondary N) is 2. The SMILES string of the molecule is CCc1nncn1CCNC(=NC)NC1CCN(c2c(F)cccc2F)C1. The van der Waals surface area contributed by atoms with Gasteiger partial charge < -0.3 is 20.1 Å². The highest BCUT2D eigenvalue weighted by Gasteiger charge is 2.27. The second-order valence-corrected chi connectivity index (χ2v) is 6.44. The highest BCUT2D eigenvalue weighted by molar-refractivity contribution is 5.80. The molecule has 1 unspecified atom stereocenters. The summed E-state index contributed by atoms with van der Waals surface area (Å²) in [6, 6.07) is 4.02. The zero-order valence-electron chi connectivity index (χ0n) is 15.6. The van der Waals surface area contributed by atoms with E-state index in [2.05, 4.69) is 25.8 Å². The number of aliphatic imine (C=N–C) groups is 1. The fraction of sp³-hybridized carbons (Fsp3) is 0.500. The average molecular weight is 377 g/mol. The number of nitrogens with zero attached hydrogens (tertiary/aromatic N) is 5. The van der Waals surface area contributed by atoms with E-state index in [9.17, 15) is 8.78 Å². The zero-order chi connectivity index (χ0) is 19.2. The third-order valence-electron chi connectivity index (χ3n) is 4.66. The molecule has 0 bridgehead atoms. The molecule has 2 aromatic rings. The number of anilines is 1. The number of guanidine groups is 1. The van der Waals surface area contributed by atoms with Gasteiger partial charge in [-0.1, -0.05) is 13.0 Å². The molecule has 146 valence electrons. The van der Waals surface area contributed by atoms with Crippen molar-refractivity contribution in [3.05, 3.63) is 42.0 Å². The van der Waals surface area contributed by atoms with Crippen LogP contribution in [0.5, 0.6) is 0 Å². The Labute approximate surface area is 157 Å². The highest BCUT2D eigenvalue weighted by Crippen LogP contribution is 2.26. The lowest BCUT2D eigenvalue weighted by molar-refractivity contribution is 0.575. The van der Waals surface area contributed by atoms with Crippen molar-refractivity contribution in [2.45, 2.75) is 32.4 Å². The van der Waals surface area contributed by atoms with Gasteiger partial charge in [0.05, 0.1) is 0 Å². The molecule has 2 heterocycles. The number of aryl methyl sites for hydroxylation is 1. The van der Waals surface area contributed by atoms with E-state index >= 15 is 0 Å². The number of aromatic nitrogens is 3. The monoisotopic (exact) mass is 377 g/mol. The first-order valence-electron chi connectivity index (χ1n) is 9.15. The third kappa shape index (κ3) is 4.53. The maximum Gasteiger partial charge on any atom is 0.191 e. The molecule has 1 aliphatic heterocycles. The largest absolute Gasteiger partial charge is 0.365 e. The van der Waals surface area contributed by atoms with Crippen molar-refractivity contribution in [2.75, 3.05) is 31.6 Å². The van der Waals surface area contributed by atoms with Gasteiger partial charge in [-0.25, -0.2) is 8.78 Å². The minimum Gasteiger partial charge on any atom is -0.365 e. The maximum atomic E-state index is 14.0. The molecule has 0 radical (unpaired) electrons. The van der Waals surface area contributed by atoms with Crippen molar-refractivity contribution in [1.82, 2.24) is 25.4 Å². The van der Waals surface area contributed by atoms with Gasteiger partial charge in [0.15, 0.2) is 5.96 Å². The number of rotatable bonds is 6. The molecule has 1 atom stereocenters. The molecule has 1 saturated heterocycles. The molecular formula is C18H25F2N7. The van der Waals surface area contributed by atoms with Crippen molar-refractivity contribution in [2.24, 2.45) is 4.99 Å². The second kappa shape index (κ2) is 8.79. The predicted octanol–water partition coefficient (Wildman–Crippen LogP) is 1.56. The van der Waals surface area contributed by atoms with E-state index in [1.807, 2.05) is 11.5 Å². The Bertz CT molecular complexity index is 770. The molecule has 9 heteroatoms. The van der Waals surface area contributed by atoms with Crippen LogP contribution in [0.2, 0.25) is 0 Å². The number of para-hydroxylation sites is 1. The second-order valence-electron chi connectivity index (χ2n) is 6.44. The Balaban J connectivity index is 1.51. The minimum atomic E-state index is -0.529. The third-order valence-corrected chi connectivity index (χ3v) is 4.66. The van der Waals surface area contributed by atoms with Gasteiger partial charge >= 0.3 is 0 Å². The molecule has 1 aromatic heterocycles. The first kappa shape index (κ1) is 19.1. The average Bonchev–Trinajstić information content (AvgIpc) is 3.30. The standard InChI is InChI=1S/C18H25F2N7/c1-3-16-25-23-12-27(16)10-8-22-18(21-2)24-13-7-9-26(11-13)17-14(19)5-4-6-15(17)20/h4-6,12-13H,3,7-11H2,1-2H3,(H2,21,22,24). The molecule has 1 aromatic carbocycles. The van der Waals surface area contributed by atoms with E-state index < -0.39 is 11.6 Å². The van der Waals surface area contributed by atoms with Crippen LogP contribution in [0.3, 0.4) is 0 Å². The van der Waals surface area contributed by atoms with Crippen LogP contribution in [-0.4, -0.2) is 53.4 Å².